The van der Waals surface area contributed by atoms with Crippen molar-refractivity contribution >= 4 is 29.3 Å². The van der Waals surface area contributed by atoms with Crippen LogP contribution in [0.3, 0.4) is 0 Å². The summed E-state index contributed by atoms with van der Waals surface area (Å²) in [7, 11) is 1.07. The van der Waals surface area contributed by atoms with Crippen molar-refractivity contribution in [3.05, 3.63) is 84.2 Å². The number of pyridine rings is 1. The number of thioether (sulfide) groups is 1. The molecular formula is C23H17F2N5O3S. The molecule has 0 radical (unpaired) electrons. The molecule has 0 fully saturated rings. The van der Waals surface area contributed by atoms with Gasteiger partial charge >= 0.3 is 5.97 Å². The number of hydrogen-bond donors (Lipinski definition) is 1. The Morgan fingerprint density at radius 1 is 1.06 bits per heavy atom. The summed E-state index contributed by atoms with van der Waals surface area (Å²) in [5, 5.41) is 11.2. The van der Waals surface area contributed by atoms with E-state index in [0.717, 1.165) is 36.2 Å². The van der Waals surface area contributed by atoms with E-state index in [1.807, 2.05) is 36.4 Å². The molecule has 11 heteroatoms. The highest BCUT2D eigenvalue weighted by molar-refractivity contribution is 7.99. The highest BCUT2D eigenvalue weighted by Gasteiger charge is 2.20. The van der Waals surface area contributed by atoms with Gasteiger partial charge in [0.25, 0.3) is 0 Å². The largest absolute Gasteiger partial charge is 0.465 e. The second kappa shape index (κ2) is 10.2. The fraction of sp³-hybridized carbons (Fsp3) is 0.0870. The van der Waals surface area contributed by atoms with Crippen LogP contribution in [0, 0.1) is 11.6 Å². The molecule has 2 heterocycles. The summed E-state index contributed by atoms with van der Waals surface area (Å²) >= 11 is 1.08. The number of rotatable bonds is 7. The Morgan fingerprint density at radius 3 is 2.56 bits per heavy atom. The number of benzene rings is 2. The molecule has 4 rings (SSSR count). The summed E-state index contributed by atoms with van der Waals surface area (Å²) in [6.07, 6.45) is 3.30. The van der Waals surface area contributed by atoms with Crippen molar-refractivity contribution < 1.29 is 23.1 Å². The molecular weight excluding hydrogens is 464 g/mol. The molecule has 2 aromatic heterocycles. The van der Waals surface area contributed by atoms with Gasteiger partial charge in [-0.25, -0.2) is 13.6 Å². The number of methoxy groups -OCH3 is 1. The highest BCUT2D eigenvalue weighted by Crippen LogP contribution is 2.28. The monoisotopic (exact) mass is 481 g/mol. The third-order valence-electron chi connectivity index (χ3n) is 4.64. The molecule has 2 aromatic carbocycles. The highest BCUT2D eigenvalue weighted by atomic mass is 32.2. The Hall–Kier alpha value is -4.12. The van der Waals surface area contributed by atoms with Crippen LogP contribution in [-0.4, -0.2) is 44.5 Å². The van der Waals surface area contributed by atoms with E-state index in [-0.39, 0.29) is 11.4 Å². The van der Waals surface area contributed by atoms with Crippen LogP contribution in [-0.2, 0) is 9.53 Å². The van der Waals surface area contributed by atoms with Gasteiger partial charge in [0.05, 0.1) is 24.1 Å². The summed E-state index contributed by atoms with van der Waals surface area (Å²) < 4.78 is 34.3. The molecule has 1 amide bonds. The molecule has 0 aliphatic rings. The van der Waals surface area contributed by atoms with Gasteiger partial charge in [-0.05, 0) is 30.3 Å². The van der Waals surface area contributed by atoms with Crippen molar-refractivity contribution in [2.75, 3.05) is 18.2 Å². The van der Waals surface area contributed by atoms with E-state index >= 15 is 0 Å². The predicted octanol–water partition coefficient (Wildman–Crippen LogP) is 4.12. The first-order chi connectivity index (χ1) is 16.5. The third-order valence-corrected chi connectivity index (χ3v) is 5.56. The molecule has 0 atom stereocenters. The lowest BCUT2D eigenvalue weighted by atomic mass is 10.1. The van der Waals surface area contributed by atoms with Gasteiger partial charge in [0.2, 0.25) is 5.91 Å². The van der Waals surface area contributed by atoms with Crippen molar-refractivity contribution in [2.45, 2.75) is 5.16 Å². The van der Waals surface area contributed by atoms with E-state index < -0.39 is 29.1 Å². The minimum absolute atomic E-state index is 0.150. The lowest BCUT2D eigenvalue weighted by Gasteiger charge is -2.11. The molecule has 1 N–H and O–H groups in total. The summed E-state index contributed by atoms with van der Waals surface area (Å²) in [5.74, 6) is -3.29. The molecule has 172 valence electrons. The molecule has 0 aliphatic carbocycles. The van der Waals surface area contributed by atoms with Crippen LogP contribution in [0.4, 0.5) is 14.5 Å². The second-order valence-electron chi connectivity index (χ2n) is 6.86. The van der Waals surface area contributed by atoms with Crippen molar-refractivity contribution in [1.29, 1.82) is 0 Å². The Labute approximate surface area is 197 Å². The second-order valence-corrected chi connectivity index (χ2v) is 7.80. The Bertz CT molecular complexity index is 1330. The first-order valence-electron chi connectivity index (χ1n) is 9.89. The van der Waals surface area contributed by atoms with Gasteiger partial charge in [-0.1, -0.05) is 30.0 Å². The van der Waals surface area contributed by atoms with Gasteiger partial charge in [0, 0.05) is 29.7 Å². The topological polar surface area (TPSA) is 99.0 Å². The van der Waals surface area contributed by atoms with Gasteiger partial charge in [-0.15, -0.1) is 10.2 Å². The molecule has 0 bridgehead atoms. The maximum absolute atomic E-state index is 14.2. The number of aromatic nitrogens is 4. The number of esters is 1. The van der Waals surface area contributed by atoms with Crippen LogP contribution in [0.1, 0.15) is 10.4 Å². The number of para-hydroxylation sites is 1. The normalized spacial score (nSPS) is 10.7. The number of ether oxygens (including phenoxy) is 1. The van der Waals surface area contributed by atoms with Crippen LogP contribution in [0.25, 0.3) is 17.1 Å². The van der Waals surface area contributed by atoms with Crippen molar-refractivity contribution in [3.63, 3.8) is 0 Å². The van der Waals surface area contributed by atoms with Gasteiger partial charge in [-0.2, -0.15) is 0 Å². The molecule has 4 aromatic rings. The zero-order valence-electron chi connectivity index (χ0n) is 17.7. The van der Waals surface area contributed by atoms with E-state index in [2.05, 4.69) is 25.2 Å². The standard InChI is InChI=1S/C23H17F2N5O3S/c1-33-22(32)16-10-19(18(25)11-17(16)24)27-20(31)13-34-23-29-28-21(14-6-5-9-26-12-14)30(23)15-7-3-2-4-8-15/h2-12H,13H2,1H3,(H,27,31). The average molecular weight is 481 g/mol. The maximum Gasteiger partial charge on any atom is 0.340 e. The fourth-order valence-corrected chi connectivity index (χ4v) is 3.83. The Morgan fingerprint density at radius 2 is 1.85 bits per heavy atom. The van der Waals surface area contributed by atoms with Crippen molar-refractivity contribution in [1.82, 2.24) is 19.7 Å². The summed E-state index contributed by atoms with van der Waals surface area (Å²) in [5.41, 5.74) is 0.685. The first kappa shape index (κ1) is 23.1. The number of anilines is 1. The first-order valence-corrected chi connectivity index (χ1v) is 10.9. The summed E-state index contributed by atoms with van der Waals surface area (Å²) in [4.78, 5) is 28.3. The lowest BCUT2D eigenvalue weighted by molar-refractivity contribution is -0.113. The number of carbonyl (C=O) groups is 2. The third kappa shape index (κ3) is 4.94. The van der Waals surface area contributed by atoms with E-state index in [1.165, 1.54) is 0 Å². The van der Waals surface area contributed by atoms with E-state index in [4.69, 9.17) is 0 Å². The van der Waals surface area contributed by atoms with Gasteiger partial charge in [0.15, 0.2) is 11.0 Å². The van der Waals surface area contributed by atoms with Crippen LogP contribution in [0.5, 0.6) is 0 Å². The summed E-state index contributed by atoms with van der Waals surface area (Å²) in [6.45, 7) is 0. The zero-order chi connectivity index (χ0) is 24.1. The number of amides is 1. The lowest BCUT2D eigenvalue weighted by Crippen LogP contribution is -2.17. The molecule has 0 saturated carbocycles. The van der Waals surface area contributed by atoms with Crippen molar-refractivity contribution in [3.8, 4) is 17.1 Å². The van der Waals surface area contributed by atoms with Crippen LogP contribution < -0.4 is 5.32 Å². The molecule has 0 saturated heterocycles. The number of carbonyl (C=O) groups excluding carboxylic acids is 2. The quantitative estimate of drug-likeness (QED) is 0.313. The Balaban J connectivity index is 1.56. The molecule has 8 nitrogen and oxygen atoms in total. The van der Waals surface area contributed by atoms with Gasteiger partial charge < -0.3 is 10.1 Å². The minimum atomic E-state index is -1.09. The van der Waals surface area contributed by atoms with Gasteiger partial charge in [0.1, 0.15) is 11.6 Å². The number of halogens is 2. The predicted molar refractivity (Wildman–Crippen MR) is 122 cm³/mol. The fourth-order valence-electron chi connectivity index (χ4n) is 3.08. The zero-order valence-corrected chi connectivity index (χ0v) is 18.6. The molecule has 34 heavy (non-hydrogen) atoms. The van der Waals surface area contributed by atoms with E-state index in [9.17, 15) is 18.4 Å². The van der Waals surface area contributed by atoms with Gasteiger partial charge in [-0.3, -0.25) is 14.3 Å². The molecule has 0 aliphatic heterocycles. The van der Waals surface area contributed by atoms with Crippen molar-refractivity contribution in [2.24, 2.45) is 0 Å². The van der Waals surface area contributed by atoms with E-state index in [1.54, 1.807) is 23.0 Å². The number of hydrogen-bond acceptors (Lipinski definition) is 7. The molecule has 0 unspecified atom stereocenters. The van der Waals surface area contributed by atoms with Crippen LogP contribution in [0.2, 0.25) is 0 Å². The summed E-state index contributed by atoms with van der Waals surface area (Å²) in [6, 6.07) is 14.4. The van der Waals surface area contributed by atoms with Crippen LogP contribution in [0.15, 0.2) is 72.1 Å². The van der Waals surface area contributed by atoms with Crippen LogP contribution >= 0.6 is 11.8 Å². The van der Waals surface area contributed by atoms with E-state index in [0.29, 0.717) is 17.0 Å². The molecule has 0 spiro atoms. The average Bonchev–Trinajstić information content (AvgIpc) is 3.29. The maximum atomic E-state index is 14.2. The minimum Gasteiger partial charge on any atom is -0.465 e. The number of nitrogens with zero attached hydrogens (tertiary/aromatic N) is 4. The Kier molecular flexibility index (Phi) is 6.93. The number of nitrogens with one attached hydrogen (secondary N) is 1. The SMILES string of the molecule is COC(=O)c1cc(NC(=O)CSc2nnc(-c3cccnc3)n2-c2ccccc2)c(F)cc1F. The smallest absolute Gasteiger partial charge is 0.340 e.